The fourth-order valence-electron chi connectivity index (χ4n) is 0.762. The monoisotopic (exact) mass is 422 g/mol. The Balaban J connectivity index is 3.53. The van der Waals surface area contributed by atoms with E-state index in [0.717, 1.165) is 0 Å². The maximum absolute atomic E-state index is 13.3. The maximum atomic E-state index is 13.3. The van der Waals surface area contributed by atoms with Gasteiger partial charge in [-0.25, -0.2) is 9.18 Å². The topological polar surface area (TPSA) is 37.3 Å². The van der Waals surface area contributed by atoms with E-state index in [2.05, 4.69) is 31.9 Å². The summed E-state index contributed by atoms with van der Waals surface area (Å²) in [6.07, 6.45) is 0. The summed E-state index contributed by atoms with van der Waals surface area (Å²) in [6.45, 7) is 0. The van der Waals surface area contributed by atoms with Crippen LogP contribution in [-0.4, -0.2) is 11.1 Å². The Labute approximate surface area is 104 Å². The third-order valence-electron chi connectivity index (χ3n) is 1.33. The Hall–Kier alpha value is 0.310. The van der Waals surface area contributed by atoms with Crippen molar-refractivity contribution in [3.63, 3.8) is 0 Å². The average Bonchev–Trinajstić information content (AvgIpc) is 1.99. The van der Waals surface area contributed by atoms with Crippen LogP contribution in [0.3, 0.4) is 0 Å². The van der Waals surface area contributed by atoms with E-state index in [9.17, 15) is 9.18 Å². The van der Waals surface area contributed by atoms with E-state index in [-0.39, 0.29) is 13.6 Å². The molecule has 0 spiro atoms. The van der Waals surface area contributed by atoms with Crippen LogP contribution in [-0.2, 0) is 0 Å². The second-order valence-corrected chi connectivity index (χ2v) is 4.94. The zero-order valence-corrected chi connectivity index (χ0v) is 11.3. The molecule has 0 radical (unpaired) electrons. The average molecular weight is 424 g/mol. The summed E-state index contributed by atoms with van der Waals surface area (Å²) in [7, 11) is 0. The van der Waals surface area contributed by atoms with E-state index in [0.29, 0.717) is 4.47 Å². The molecule has 1 N–H and O–H groups in total. The van der Waals surface area contributed by atoms with Crippen LogP contribution < -0.4 is 0 Å². The number of aromatic carboxylic acids is 1. The van der Waals surface area contributed by atoms with Crippen LogP contribution in [0.15, 0.2) is 15.0 Å². The van der Waals surface area contributed by atoms with Gasteiger partial charge in [-0.3, -0.25) is 0 Å². The second kappa shape index (κ2) is 4.22. The van der Waals surface area contributed by atoms with Crippen LogP contribution in [0.25, 0.3) is 0 Å². The molecule has 0 aromatic heterocycles. The first-order chi connectivity index (χ1) is 5.95. The van der Waals surface area contributed by atoms with E-state index in [1.165, 1.54) is 6.07 Å². The lowest BCUT2D eigenvalue weighted by Gasteiger charge is -2.04. The number of carboxylic acids is 1. The molecular formula is C7H2Br2FIO2. The largest absolute Gasteiger partial charge is 0.478 e. The van der Waals surface area contributed by atoms with Crippen LogP contribution >= 0.6 is 54.5 Å². The number of carbonyl (C=O) groups is 1. The lowest BCUT2D eigenvalue weighted by atomic mass is 10.2. The number of benzene rings is 1. The van der Waals surface area contributed by atoms with Crippen LogP contribution in [0.5, 0.6) is 0 Å². The van der Waals surface area contributed by atoms with Crippen molar-refractivity contribution >= 4 is 60.4 Å². The molecule has 0 aliphatic heterocycles. The fraction of sp³-hybridized carbons (Fsp3) is 0. The smallest absolute Gasteiger partial charge is 0.339 e. The van der Waals surface area contributed by atoms with Crippen molar-refractivity contribution in [3.05, 3.63) is 30.0 Å². The van der Waals surface area contributed by atoms with Crippen LogP contribution in [0.1, 0.15) is 10.4 Å². The van der Waals surface area contributed by atoms with Crippen LogP contribution in [0.4, 0.5) is 4.39 Å². The van der Waals surface area contributed by atoms with Crippen LogP contribution in [0, 0.1) is 9.39 Å². The highest BCUT2D eigenvalue weighted by Crippen LogP contribution is 2.30. The van der Waals surface area contributed by atoms with Gasteiger partial charge in [0, 0.05) is 8.95 Å². The van der Waals surface area contributed by atoms with Crippen molar-refractivity contribution in [1.29, 1.82) is 0 Å². The van der Waals surface area contributed by atoms with Gasteiger partial charge in [-0.2, -0.15) is 0 Å². The molecule has 0 bridgehead atoms. The minimum absolute atomic E-state index is 0.227. The molecular weight excluding hydrogens is 422 g/mol. The molecule has 1 aromatic rings. The molecule has 13 heavy (non-hydrogen) atoms. The lowest BCUT2D eigenvalue weighted by Crippen LogP contribution is -2.04. The predicted octanol–water partition coefficient (Wildman–Crippen LogP) is 3.65. The zero-order chi connectivity index (χ0) is 10.2. The molecule has 70 valence electrons. The number of carboxylic acid groups (broad SMARTS) is 1. The minimum Gasteiger partial charge on any atom is -0.478 e. The number of halogens is 4. The molecule has 6 heteroatoms. The third kappa shape index (κ3) is 2.21. The van der Waals surface area contributed by atoms with Gasteiger partial charge in [-0.15, -0.1) is 0 Å². The van der Waals surface area contributed by atoms with E-state index < -0.39 is 11.8 Å². The van der Waals surface area contributed by atoms with E-state index in [1.807, 2.05) is 0 Å². The van der Waals surface area contributed by atoms with Gasteiger partial charge >= 0.3 is 5.97 Å². The van der Waals surface area contributed by atoms with Gasteiger partial charge in [0.1, 0.15) is 5.56 Å². The highest BCUT2D eigenvalue weighted by Gasteiger charge is 2.19. The van der Waals surface area contributed by atoms with Crippen molar-refractivity contribution in [2.45, 2.75) is 0 Å². The Morgan fingerprint density at radius 1 is 1.46 bits per heavy atom. The van der Waals surface area contributed by atoms with E-state index in [1.54, 1.807) is 22.6 Å². The Morgan fingerprint density at radius 2 is 2.00 bits per heavy atom. The van der Waals surface area contributed by atoms with Gasteiger partial charge in [0.05, 0.1) is 3.57 Å². The van der Waals surface area contributed by atoms with Gasteiger partial charge in [0.25, 0.3) is 0 Å². The summed E-state index contributed by atoms with van der Waals surface area (Å²) >= 11 is 7.83. The summed E-state index contributed by atoms with van der Waals surface area (Å²) in [5.74, 6) is -2.01. The van der Waals surface area contributed by atoms with Crippen molar-refractivity contribution in [2.24, 2.45) is 0 Å². The Kier molecular flexibility index (Phi) is 3.70. The van der Waals surface area contributed by atoms with Crippen molar-refractivity contribution < 1.29 is 14.3 Å². The Morgan fingerprint density at radius 3 is 2.46 bits per heavy atom. The molecule has 0 saturated heterocycles. The molecule has 0 amide bonds. The molecule has 0 saturated carbocycles. The molecule has 0 fully saturated rings. The first-order valence-electron chi connectivity index (χ1n) is 3.01. The molecule has 1 aromatic carbocycles. The van der Waals surface area contributed by atoms with Crippen molar-refractivity contribution in [1.82, 2.24) is 0 Å². The quantitative estimate of drug-likeness (QED) is 0.425. The zero-order valence-electron chi connectivity index (χ0n) is 5.94. The molecule has 0 aliphatic rings. The molecule has 0 atom stereocenters. The molecule has 2 nitrogen and oxygen atoms in total. The standard InChI is InChI=1S/C7H2Br2FIO2/c8-2-1-3(9)6(11)5(10)4(2)7(12)13/h1H,(H,12,13). The normalized spacial score (nSPS) is 10.2. The van der Waals surface area contributed by atoms with Crippen molar-refractivity contribution in [2.75, 3.05) is 0 Å². The predicted molar refractivity (Wildman–Crippen MR) is 61.5 cm³/mol. The van der Waals surface area contributed by atoms with Crippen LogP contribution in [0.2, 0.25) is 0 Å². The molecule has 0 heterocycles. The SMILES string of the molecule is O=C(O)c1c(Br)cc(Br)c(I)c1F. The fourth-order valence-corrected chi connectivity index (χ4v) is 2.47. The van der Waals surface area contributed by atoms with Crippen molar-refractivity contribution in [3.8, 4) is 0 Å². The summed E-state index contributed by atoms with van der Waals surface area (Å²) in [5.41, 5.74) is -0.340. The maximum Gasteiger partial charge on any atom is 0.339 e. The van der Waals surface area contributed by atoms with E-state index >= 15 is 0 Å². The minimum atomic E-state index is -1.28. The lowest BCUT2D eigenvalue weighted by molar-refractivity contribution is 0.0690. The molecule has 1 rings (SSSR count). The first-order valence-corrected chi connectivity index (χ1v) is 5.68. The van der Waals surface area contributed by atoms with Gasteiger partial charge < -0.3 is 5.11 Å². The Bertz CT molecular complexity index is 381. The summed E-state index contributed by atoms with van der Waals surface area (Å²) in [6, 6.07) is 1.51. The number of rotatable bonds is 1. The highest BCUT2D eigenvalue weighted by molar-refractivity contribution is 14.1. The summed E-state index contributed by atoms with van der Waals surface area (Å²) in [5, 5.41) is 8.67. The molecule has 0 unspecified atom stereocenters. The highest BCUT2D eigenvalue weighted by atomic mass is 127. The first kappa shape index (κ1) is 11.4. The van der Waals surface area contributed by atoms with Gasteiger partial charge in [-0.05, 0) is 60.5 Å². The third-order valence-corrected chi connectivity index (χ3v) is 4.37. The molecule has 0 aliphatic carbocycles. The van der Waals surface area contributed by atoms with E-state index in [4.69, 9.17) is 5.11 Å². The van der Waals surface area contributed by atoms with Gasteiger partial charge in [-0.1, -0.05) is 0 Å². The second-order valence-electron chi connectivity index (χ2n) is 2.15. The van der Waals surface area contributed by atoms with Gasteiger partial charge in [0.2, 0.25) is 0 Å². The number of hydrogen-bond donors (Lipinski definition) is 1. The number of hydrogen-bond acceptors (Lipinski definition) is 1. The summed E-state index contributed by atoms with van der Waals surface area (Å²) in [4.78, 5) is 10.6. The summed E-state index contributed by atoms with van der Waals surface area (Å²) < 4.78 is 14.3. The van der Waals surface area contributed by atoms with Gasteiger partial charge in [0.15, 0.2) is 5.82 Å².